The second-order valence-corrected chi connectivity index (χ2v) is 4.55. The minimum atomic E-state index is -0.570. The molecule has 2 atom stereocenters. The number of rotatable bonds is 1. The molecule has 0 saturated carbocycles. The fourth-order valence-corrected chi connectivity index (χ4v) is 2.04. The molecule has 1 fully saturated rings. The third-order valence-electron chi connectivity index (χ3n) is 2.55. The van der Waals surface area contributed by atoms with Crippen molar-refractivity contribution in [2.75, 3.05) is 19.7 Å². The molecule has 1 aliphatic rings. The lowest BCUT2D eigenvalue weighted by Crippen LogP contribution is -2.28. The molecule has 2 rings (SSSR count). The van der Waals surface area contributed by atoms with Gasteiger partial charge in [-0.3, -0.25) is 0 Å². The fourth-order valence-electron chi connectivity index (χ4n) is 1.73. The summed E-state index contributed by atoms with van der Waals surface area (Å²) >= 11 is 11.8. The second kappa shape index (κ2) is 5.34. The average Bonchev–Trinajstić information content (AvgIpc) is 2.47. The number of aliphatic hydroxyl groups is 1. The summed E-state index contributed by atoms with van der Waals surface area (Å²) in [6.07, 6.45) is -0.912. The van der Waals surface area contributed by atoms with Crippen LogP contribution in [-0.2, 0) is 4.74 Å². The van der Waals surface area contributed by atoms with Crippen molar-refractivity contribution in [3.8, 4) is 0 Å². The summed E-state index contributed by atoms with van der Waals surface area (Å²) in [6.45, 7) is 1.84. The lowest BCUT2D eigenvalue weighted by molar-refractivity contribution is -0.0199. The second-order valence-electron chi connectivity index (χ2n) is 3.74. The van der Waals surface area contributed by atoms with Crippen LogP contribution >= 0.6 is 23.2 Å². The highest BCUT2D eigenvalue weighted by atomic mass is 35.5. The van der Waals surface area contributed by atoms with E-state index in [1.54, 1.807) is 12.1 Å². The average molecular weight is 262 g/mol. The van der Waals surface area contributed by atoms with Crippen LogP contribution in [0.15, 0.2) is 18.2 Å². The summed E-state index contributed by atoms with van der Waals surface area (Å²) in [5.74, 6) is 0. The van der Waals surface area contributed by atoms with Gasteiger partial charge < -0.3 is 15.2 Å². The van der Waals surface area contributed by atoms with Gasteiger partial charge in [0.2, 0.25) is 0 Å². The maximum Gasteiger partial charge on any atom is 0.110 e. The minimum Gasteiger partial charge on any atom is -0.389 e. The molecule has 0 amide bonds. The molecule has 16 heavy (non-hydrogen) atoms. The van der Waals surface area contributed by atoms with Crippen molar-refractivity contribution in [3.63, 3.8) is 0 Å². The van der Waals surface area contributed by atoms with Gasteiger partial charge in [-0.1, -0.05) is 29.3 Å². The van der Waals surface area contributed by atoms with Gasteiger partial charge in [0.05, 0.1) is 22.8 Å². The summed E-state index contributed by atoms with van der Waals surface area (Å²) in [4.78, 5) is 0. The molecule has 1 aromatic rings. The molecule has 1 aromatic carbocycles. The predicted molar refractivity (Wildman–Crippen MR) is 64.0 cm³/mol. The highest BCUT2D eigenvalue weighted by molar-refractivity contribution is 6.42. The zero-order valence-electron chi connectivity index (χ0n) is 8.62. The van der Waals surface area contributed by atoms with E-state index in [2.05, 4.69) is 5.32 Å². The summed E-state index contributed by atoms with van der Waals surface area (Å²) < 4.78 is 5.58. The number of benzene rings is 1. The molecule has 1 aliphatic heterocycles. The third kappa shape index (κ3) is 2.67. The van der Waals surface area contributed by atoms with Gasteiger partial charge in [0.15, 0.2) is 0 Å². The Bertz CT molecular complexity index is 373. The number of nitrogens with one attached hydrogen (secondary N) is 1. The molecule has 0 bridgehead atoms. The number of β-amino-alcohol motifs (C(OH)–C–C–N with tert-alkyl or cyclic N) is 1. The maximum absolute atomic E-state index is 9.90. The van der Waals surface area contributed by atoms with E-state index in [4.69, 9.17) is 27.9 Å². The first-order valence-electron chi connectivity index (χ1n) is 5.14. The highest BCUT2D eigenvalue weighted by Crippen LogP contribution is 2.29. The largest absolute Gasteiger partial charge is 0.389 e. The van der Waals surface area contributed by atoms with Crippen molar-refractivity contribution in [1.82, 2.24) is 5.32 Å². The maximum atomic E-state index is 9.90. The number of hydrogen-bond acceptors (Lipinski definition) is 3. The molecule has 1 saturated heterocycles. The van der Waals surface area contributed by atoms with Crippen molar-refractivity contribution in [2.45, 2.75) is 12.2 Å². The van der Waals surface area contributed by atoms with Crippen molar-refractivity contribution in [2.24, 2.45) is 0 Å². The Labute approximate surface area is 104 Å². The van der Waals surface area contributed by atoms with Gasteiger partial charge in [-0.25, -0.2) is 0 Å². The number of aliphatic hydroxyl groups excluding tert-OH is 1. The first-order valence-corrected chi connectivity index (χ1v) is 5.89. The van der Waals surface area contributed by atoms with Crippen LogP contribution in [0.2, 0.25) is 10.0 Å². The summed E-state index contributed by atoms with van der Waals surface area (Å²) in [5.41, 5.74) is 0.852. The van der Waals surface area contributed by atoms with Crippen LogP contribution in [0.1, 0.15) is 11.7 Å². The van der Waals surface area contributed by atoms with Crippen LogP contribution < -0.4 is 5.32 Å². The fraction of sp³-hybridized carbons (Fsp3) is 0.455. The first-order chi connectivity index (χ1) is 7.68. The van der Waals surface area contributed by atoms with Crippen LogP contribution in [0.3, 0.4) is 0 Å². The van der Waals surface area contributed by atoms with Crippen LogP contribution in [0, 0.1) is 0 Å². The topological polar surface area (TPSA) is 41.5 Å². The molecule has 0 aliphatic carbocycles. The molecule has 2 N–H and O–H groups in total. The van der Waals surface area contributed by atoms with Gasteiger partial charge in [-0.2, -0.15) is 0 Å². The summed E-state index contributed by atoms with van der Waals surface area (Å²) in [6, 6.07) is 5.28. The molecule has 0 radical (unpaired) electrons. The smallest absolute Gasteiger partial charge is 0.110 e. The van der Waals surface area contributed by atoms with Gasteiger partial charge in [0, 0.05) is 13.1 Å². The first kappa shape index (κ1) is 12.1. The van der Waals surface area contributed by atoms with Crippen LogP contribution in [0.5, 0.6) is 0 Å². The summed E-state index contributed by atoms with van der Waals surface area (Å²) in [5, 5.41) is 14.0. The van der Waals surface area contributed by atoms with Crippen LogP contribution in [-0.4, -0.2) is 30.9 Å². The Morgan fingerprint density at radius 2 is 2.12 bits per heavy atom. The molecule has 5 heteroatoms. The van der Waals surface area contributed by atoms with E-state index >= 15 is 0 Å². The van der Waals surface area contributed by atoms with Gasteiger partial charge >= 0.3 is 0 Å². The van der Waals surface area contributed by atoms with Crippen molar-refractivity contribution in [1.29, 1.82) is 0 Å². The van der Waals surface area contributed by atoms with Crippen molar-refractivity contribution in [3.05, 3.63) is 33.8 Å². The Morgan fingerprint density at radius 1 is 1.31 bits per heavy atom. The SMILES string of the molecule is OC1CNCCOC1c1ccc(Cl)c(Cl)c1. The van der Waals surface area contributed by atoms with Gasteiger partial charge in [-0.15, -0.1) is 0 Å². The normalized spacial score (nSPS) is 26.4. The van der Waals surface area contributed by atoms with Gasteiger partial charge in [-0.05, 0) is 17.7 Å². The van der Waals surface area contributed by atoms with Gasteiger partial charge in [0.1, 0.15) is 6.10 Å². The van der Waals surface area contributed by atoms with Gasteiger partial charge in [0.25, 0.3) is 0 Å². The number of hydrogen-bond donors (Lipinski definition) is 2. The monoisotopic (exact) mass is 261 g/mol. The highest BCUT2D eigenvalue weighted by Gasteiger charge is 2.24. The van der Waals surface area contributed by atoms with E-state index in [1.807, 2.05) is 6.07 Å². The molecule has 0 spiro atoms. The van der Waals surface area contributed by atoms with Crippen LogP contribution in [0.25, 0.3) is 0 Å². The number of halogens is 2. The van der Waals surface area contributed by atoms with Crippen molar-refractivity contribution < 1.29 is 9.84 Å². The molecule has 2 unspecified atom stereocenters. The zero-order chi connectivity index (χ0) is 11.5. The van der Waals surface area contributed by atoms with E-state index in [1.165, 1.54) is 0 Å². The molecule has 3 nitrogen and oxygen atoms in total. The summed E-state index contributed by atoms with van der Waals surface area (Å²) in [7, 11) is 0. The lowest BCUT2D eigenvalue weighted by Gasteiger charge is -2.20. The minimum absolute atomic E-state index is 0.343. The molecular formula is C11H13Cl2NO2. The molecule has 88 valence electrons. The Hall–Kier alpha value is -0.320. The van der Waals surface area contributed by atoms with E-state index in [0.29, 0.717) is 23.2 Å². The van der Waals surface area contributed by atoms with E-state index < -0.39 is 6.10 Å². The third-order valence-corrected chi connectivity index (χ3v) is 3.29. The Morgan fingerprint density at radius 3 is 2.88 bits per heavy atom. The van der Waals surface area contributed by atoms with E-state index in [9.17, 15) is 5.11 Å². The Kier molecular flexibility index (Phi) is 4.05. The standard InChI is InChI=1S/C11H13Cl2NO2/c12-8-2-1-7(5-9(8)13)11-10(15)6-14-3-4-16-11/h1-2,5,10-11,14-15H,3-4,6H2. The van der Waals surface area contributed by atoms with E-state index in [-0.39, 0.29) is 6.10 Å². The lowest BCUT2D eigenvalue weighted by atomic mass is 10.0. The van der Waals surface area contributed by atoms with Crippen molar-refractivity contribution >= 4 is 23.2 Å². The molecular weight excluding hydrogens is 249 g/mol. The Balaban J connectivity index is 2.23. The molecule has 1 heterocycles. The molecule has 0 aromatic heterocycles. The zero-order valence-corrected chi connectivity index (χ0v) is 10.1. The van der Waals surface area contributed by atoms with Crippen LogP contribution in [0.4, 0.5) is 0 Å². The quantitative estimate of drug-likeness (QED) is 0.813. The predicted octanol–water partition coefficient (Wildman–Crippen LogP) is 2.02. The van der Waals surface area contributed by atoms with E-state index in [0.717, 1.165) is 12.1 Å². The number of ether oxygens (including phenoxy) is 1.